The van der Waals surface area contributed by atoms with E-state index in [9.17, 15) is 8.42 Å². The number of hydrogen-bond acceptors (Lipinski definition) is 6. The minimum absolute atomic E-state index is 0.0500. The second-order valence-electron chi connectivity index (χ2n) is 5.28. The van der Waals surface area contributed by atoms with Gasteiger partial charge in [0.2, 0.25) is 5.16 Å². The molecule has 6 nitrogen and oxygen atoms in total. The van der Waals surface area contributed by atoms with Crippen LogP contribution in [-0.4, -0.2) is 40.1 Å². The molecule has 1 aromatic carbocycles. The predicted molar refractivity (Wildman–Crippen MR) is 91.9 cm³/mol. The summed E-state index contributed by atoms with van der Waals surface area (Å²) >= 11 is 13.1. The van der Waals surface area contributed by atoms with Gasteiger partial charge in [-0.3, -0.25) is 0 Å². The Morgan fingerprint density at radius 2 is 2.04 bits per heavy atom. The summed E-state index contributed by atoms with van der Waals surface area (Å²) in [6.07, 6.45) is 0. The fraction of sp³-hybridized carbons (Fsp3) is 0.462. The predicted octanol–water partition coefficient (Wildman–Crippen LogP) is 3.20. The Labute approximate surface area is 149 Å². The lowest BCUT2D eigenvalue weighted by molar-refractivity contribution is 0.446. The van der Waals surface area contributed by atoms with Crippen molar-refractivity contribution < 1.29 is 8.42 Å². The van der Waals surface area contributed by atoms with Crippen molar-refractivity contribution in [1.29, 1.82) is 0 Å². The Hall–Kier alpha value is -0.830. The van der Waals surface area contributed by atoms with Crippen LogP contribution in [0.15, 0.2) is 28.3 Å². The van der Waals surface area contributed by atoms with Gasteiger partial charge in [0, 0.05) is 17.3 Å². The van der Waals surface area contributed by atoms with E-state index in [1.807, 2.05) is 0 Å². The summed E-state index contributed by atoms with van der Waals surface area (Å²) in [6.45, 7) is 4.80. The van der Waals surface area contributed by atoms with Crippen LogP contribution in [0.5, 0.6) is 0 Å². The number of aromatic nitrogens is 4. The van der Waals surface area contributed by atoms with E-state index in [2.05, 4.69) is 29.4 Å². The van der Waals surface area contributed by atoms with Crippen LogP contribution in [0.1, 0.15) is 13.8 Å². The van der Waals surface area contributed by atoms with Gasteiger partial charge in [-0.1, -0.05) is 48.8 Å². The third-order valence-corrected chi connectivity index (χ3v) is 6.49. The van der Waals surface area contributed by atoms with E-state index in [0.29, 0.717) is 28.4 Å². The molecule has 0 atom stereocenters. The van der Waals surface area contributed by atoms with Gasteiger partial charge in [-0.25, -0.2) is 13.1 Å². The molecule has 10 heteroatoms. The summed E-state index contributed by atoms with van der Waals surface area (Å²) in [4.78, 5) is 0.0500. The molecule has 23 heavy (non-hydrogen) atoms. The van der Waals surface area contributed by atoms with Gasteiger partial charge in [0.1, 0.15) is 0 Å². The van der Waals surface area contributed by atoms with Crippen molar-refractivity contribution >= 4 is 44.8 Å². The van der Waals surface area contributed by atoms with Crippen molar-refractivity contribution in [2.24, 2.45) is 5.92 Å². The number of tetrazole rings is 1. The number of hydrogen-bond donors (Lipinski definition) is 0. The zero-order valence-corrected chi connectivity index (χ0v) is 15.8. The maximum Gasteiger partial charge on any atom is 0.209 e. The highest BCUT2D eigenvalue weighted by atomic mass is 35.5. The van der Waals surface area contributed by atoms with Crippen molar-refractivity contribution in [3.8, 4) is 0 Å². The van der Waals surface area contributed by atoms with E-state index in [1.54, 1.807) is 10.7 Å². The van der Waals surface area contributed by atoms with Gasteiger partial charge in [-0.15, -0.1) is 5.10 Å². The van der Waals surface area contributed by atoms with Crippen LogP contribution in [0.25, 0.3) is 0 Å². The Morgan fingerprint density at radius 1 is 1.30 bits per heavy atom. The Kier molecular flexibility index (Phi) is 6.30. The Bertz CT molecular complexity index is 778. The summed E-state index contributed by atoms with van der Waals surface area (Å²) in [7, 11) is -3.52. The van der Waals surface area contributed by atoms with E-state index in [4.69, 9.17) is 23.2 Å². The minimum atomic E-state index is -3.52. The monoisotopic (exact) mass is 394 g/mol. The summed E-state index contributed by atoms with van der Waals surface area (Å²) in [5.41, 5.74) is 0. The molecule has 0 aliphatic rings. The number of rotatable bonds is 7. The van der Waals surface area contributed by atoms with E-state index in [1.165, 1.54) is 23.9 Å². The molecule has 0 unspecified atom stereocenters. The van der Waals surface area contributed by atoms with Gasteiger partial charge >= 0.3 is 0 Å². The number of nitrogens with zero attached hydrogens (tertiary/aromatic N) is 4. The zero-order valence-electron chi connectivity index (χ0n) is 12.6. The topological polar surface area (TPSA) is 77.7 Å². The molecule has 0 saturated heterocycles. The highest BCUT2D eigenvalue weighted by Crippen LogP contribution is 2.27. The first-order chi connectivity index (χ1) is 10.8. The SMILES string of the molecule is CC(C)Cn1nnnc1SCCS(=O)(=O)c1cc(Cl)ccc1Cl. The average Bonchev–Trinajstić information content (AvgIpc) is 2.88. The van der Waals surface area contributed by atoms with Crippen molar-refractivity contribution in [2.75, 3.05) is 11.5 Å². The smallest absolute Gasteiger partial charge is 0.209 e. The summed E-state index contributed by atoms with van der Waals surface area (Å²) in [6, 6.07) is 4.40. The van der Waals surface area contributed by atoms with E-state index >= 15 is 0 Å². The molecule has 0 aliphatic carbocycles. The van der Waals surface area contributed by atoms with Gasteiger partial charge < -0.3 is 0 Å². The zero-order chi connectivity index (χ0) is 17.0. The normalized spacial score (nSPS) is 12.0. The van der Waals surface area contributed by atoms with Crippen LogP contribution in [0.2, 0.25) is 10.0 Å². The van der Waals surface area contributed by atoms with Gasteiger partial charge in [0.15, 0.2) is 9.84 Å². The first-order valence-electron chi connectivity index (χ1n) is 6.86. The molecule has 0 radical (unpaired) electrons. The van der Waals surface area contributed by atoms with Crippen molar-refractivity contribution in [2.45, 2.75) is 30.4 Å². The lowest BCUT2D eigenvalue weighted by Crippen LogP contribution is -2.11. The number of thioether (sulfide) groups is 1. The molecule has 2 aromatic rings. The van der Waals surface area contributed by atoms with Crippen LogP contribution < -0.4 is 0 Å². The Balaban J connectivity index is 2.03. The molecule has 1 aromatic heterocycles. The van der Waals surface area contributed by atoms with Gasteiger partial charge in [0.25, 0.3) is 0 Å². The molecule has 0 aliphatic heterocycles. The van der Waals surface area contributed by atoms with Crippen molar-refractivity contribution in [3.63, 3.8) is 0 Å². The molecule has 126 valence electrons. The lowest BCUT2D eigenvalue weighted by atomic mass is 10.2. The van der Waals surface area contributed by atoms with Crippen molar-refractivity contribution in [3.05, 3.63) is 28.2 Å². The average molecular weight is 395 g/mol. The van der Waals surface area contributed by atoms with Crippen LogP contribution in [0.3, 0.4) is 0 Å². The van der Waals surface area contributed by atoms with Crippen LogP contribution in [0, 0.1) is 5.92 Å². The summed E-state index contributed by atoms with van der Waals surface area (Å²) < 4.78 is 26.4. The molecule has 0 fully saturated rings. The second kappa shape index (κ2) is 7.83. The van der Waals surface area contributed by atoms with Crippen molar-refractivity contribution in [1.82, 2.24) is 20.2 Å². The maximum absolute atomic E-state index is 12.4. The first-order valence-corrected chi connectivity index (χ1v) is 10.3. The lowest BCUT2D eigenvalue weighted by Gasteiger charge is -2.08. The molecule has 1 heterocycles. The fourth-order valence-corrected chi connectivity index (χ4v) is 5.17. The standard InChI is InChI=1S/C13H16Cl2N4O2S2/c1-9(2)8-19-13(16-17-18-19)22-5-6-23(20,21)12-7-10(14)3-4-11(12)15/h3-4,7,9H,5-6,8H2,1-2H3. The molecular formula is C13H16Cl2N4O2S2. The highest BCUT2D eigenvalue weighted by molar-refractivity contribution is 8.00. The molecule has 0 amide bonds. The molecule has 0 N–H and O–H groups in total. The third kappa shape index (κ3) is 5.07. The Morgan fingerprint density at radius 3 is 2.74 bits per heavy atom. The fourth-order valence-electron chi connectivity index (χ4n) is 1.83. The van der Waals surface area contributed by atoms with Gasteiger partial charge in [-0.2, -0.15) is 0 Å². The summed E-state index contributed by atoms with van der Waals surface area (Å²) in [5.74, 6) is 0.641. The molecule has 0 bridgehead atoms. The van der Waals surface area contributed by atoms with E-state index < -0.39 is 9.84 Å². The number of benzene rings is 1. The van der Waals surface area contributed by atoms with E-state index in [-0.39, 0.29) is 15.7 Å². The first kappa shape index (κ1) is 18.5. The second-order valence-corrected chi connectivity index (χ2v) is 9.26. The third-order valence-electron chi connectivity index (χ3n) is 2.85. The van der Waals surface area contributed by atoms with Crippen LogP contribution >= 0.6 is 35.0 Å². The number of sulfone groups is 1. The van der Waals surface area contributed by atoms with E-state index in [0.717, 1.165) is 0 Å². The van der Waals surface area contributed by atoms with Crippen LogP contribution in [0.4, 0.5) is 0 Å². The molecule has 2 rings (SSSR count). The highest BCUT2D eigenvalue weighted by Gasteiger charge is 2.19. The molecule has 0 spiro atoms. The molecule has 0 saturated carbocycles. The maximum atomic E-state index is 12.4. The minimum Gasteiger partial charge on any atom is -0.224 e. The quantitative estimate of drug-likeness (QED) is 0.670. The van der Waals surface area contributed by atoms with Gasteiger partial charge in [-0.05, 0) is 34.5 Å². The summed E-state index contributed by atoms with van der Waals surface area (Å²) in [5, 5.41) is 12.6. The van der Waals surface area contributed by atoms with Crippen LogP contribution in [-0.2, 0) is 16.4 Å². The number of halogens is 2. The largest absolute Gasteiger partial charge is 0.224 e. The molecular weight excluding hydrogens is 379 g/mol. The van der Waals surface area contributed by atoms with Gasteiger partial charge in [0.05, 0.1) is 15.7 Å².